The van der Waals surface area contributed by atoms with Gasteiger partial charge in [0.05, 0.1) is 0 Å². The molecule has 0 saturated carbocycles. The Morgan fingerprint density at radius 2 is 2.00 bits per heavy atom. The zero-order chi connectivity index (χ0) is 13.8. The molecular weight excluding hydrogens is 257 g/mol. The van der Waals surface area contributed by atoms with Crippen LogP contribution in [0.3, 0.4) is 0 Å². The molecule has 0 aliphatic heterocycles. The van der Waals surface area contributed by atoms with E-state index in [1.807, 2.05) is 13.0 Å². The molecule has 1 atom stereocenters. The van der Waals surface area contributed by atoms with E-state index in [0.717, 1.165) is 24.1 Å². The van der Waals surface area contributed by atoms with E-state index >= 15 is 0 Å². The number of aryl methyl sites for hydroxylation is 2. The van der Waals surface area contributed by atoms with E-state index in [-0.39, 0.29) is 11.9 Å². The van der Waals surface area contributed by atoms with Crippen LogP contribution in [0.15, 0.2) is 29.0 Å². The molecule has 1 aromatic carbocycles. The van der Waals surface area contributed by atoms with E-state index < -0.39 is 0 Å². The molecule has 0 radical (unpaired) electrons. The van der Waals surface area contributed by atoms with Crippen LogP contribution in [0.4, 0.5) is 4.39 Å². The van der Waals surface area contributed by atoms with Crippen LogP contribution >= 0.6 is 11.3 Å². The first-order valence-electron chi connectivity index (χ1n) is 6.63. The highest BCUT2D eigenvalue weighted by Gasteiger charge is 2.15. The van der Waals surface area contributed by atoms with Crippen LogP contribution in [0.25, 0.3) is 0 Å². The van der Waals surface area contributed by atoms with Crippen molar-refractivity contribution in [1.29, 1.82) is 0 Å². The molecular formula is C16H20FNS. The van der Waals surface area contributed by atoms with Crippen LogP contribution in [-0.2, 0) is 6.42 Å². The summed E-state index contributed by atoms with van der Waals surface area (Å²) in [6, 6.07) is 5.30. The van der Waals surface area contributed by atoms with Crippen molar-refractivity contribution in [3.05, 3.63) is 57.0 Å². The van der Waals surface area contributed by atoms with E-state index in [4.69, 9.17) is 0 Å². The third-order valence-corrected chi connectivity index (χ3v) is 4.34. The SMILES string of the molecule is CCNC(Cc1cc(F)ccc1C)c1cscc1C. The summed E-state index contributed by atoms with van der Waals surface area (Å²) < 4.78 is 13.4. The number of rotatable bonds is 5. The lowest BCUT2D eigenvalue weighted by Gasteiger charge is -2.19. The van der Waals surface area contributed by atoms with Crippen LogP contribution in [0, 0.1) is 19.7 Å². The van der Waals surface area contributed by atoms with Gasteiger partial charge in [0.2, 0.25) is 0 Å². The molecule has 0 saturated heterocycles. The number of hydrogen-bond acceptors (Lipinski definition) is 2. The zero-order valence-electron chi connectivity index (χ0n) is 11.7. The quantitative estimate of drug-likeness (QED) is 0.854. The second kappa shape index (κ2) is 6.31. The molecule has 19 heavy (non-hydrogen) atoms. The van der Waals surface area contributed by atoms with E-state index in [2.05, 4.69) is 29.9 Å². The van der Waals surface area contributed by atoms with E-state index in [9.17, 15) is 4.39 Å². The summed E-state index contributed by atoms with van der Waals surface area (Å²) in [6.07, 6.45) is 0.828. The van der Waals surface area contributed by atoms with Gasteiger partial charge in [-0.3, -0.25) is 0 Å². The number of likely N-dealkylation sites (N-methyl/N-ethyl adjacent to an activating group) is 1. The smallest absolute Gasteiger partial charge is 0.123 e. The summed E-state index contributed by atoms with van der Waals surface area (Å²) in [6.45, 7) is 7.19. The Hall–Kier alpha value is -1.19. The molecule has 0 aliphatic carbocycles. The molecule has 1 nitrogen and oxygen atoms in total. The minimum atomic E-state index is -0.155. The maximum absolute atomic E-state index is 13.4. The lowest BCUT2D eigenvalue weighted by molar-refractivity contribution is 0.544. The largest absolute Gasteiger partial charge is 0.310 e. The molecule has 0 amide bonds. The summed E-state index contributed by atoms with van der Waals surface area (Å²) in [4.78, 5) is 0. The average Bonchev–Trinajstić information content (AvgIpc) is 2.79. The predicted molar refractivity (Wildman–Crippen MR) is 80.3 cm³/mol. The molecule has 1 heterocycles. The Morgan fingerprint density at radius 3 is 2.63 bits per heavy atom. The molecule has 0 bridgehead atoms. The van der Waals surface area contributed by atoms with Crippen molar-refractivity contribution >= 4 is 11.3 Å². The third-order valence-electron chi connectivity index (χ3n) is 3.46. The first kappa shape index (κ1) is 14.2. The molecule has 2 aromatic rings. The van der Waals surface area contributed by atoms with Gasteiger partial charge in [0.15, 0.2) is 0 Å². The highest BCUT2D eigenvalue weighted by Crippen LogP contribution is 2.26. The normalized spacial score (nSPS) is 12.6. The Balaban J connectivity index is 2.26. The van der Waals surface area contributed by atoms with Crippen LogP contribution in [-0.4, -0.2) is 6.54 Å². The van der Waals surface area contributed by atoms with Gasteiger partial charge in [0.25, 0.3) is 0 Å². The lowest BCUT2D eigenvalue weighted by Crippen LogP contribution is -2.23. The Kier molecular flexibility index (Phi) is 4.72. The molecule has 3 heteroatoms. The maximum Gasteiger partial charge on any atom is 0.123 e. The van der Waals surface area contributed by atoms with Crippen molar-refractivity contribution in [3.8, 4) is 0 Å². The van der Waals surface area contributed by atoms with Crippen molar-refractivity contribution in [2.45, 2.75) is 33.2 Å². The second-order valence-electron chi connectivity index (χ2n) is 4.90. The van der Waals surface area contributed by atoms with Gasteiger partial charge in [-0.05, 0) is 72.0 Å². The van der Waals surface area contributed by atoms with Crippen LogP contribution in [0.2, 0.25) is 0 Å². The van der Waals surface area contributed by atoms with Crippen LogP contribution < -0.4 is 5.32 Å². The van der Waals surface area contributed by atoms with Gasteiger partial charge in [-0.1, -0.05) is 13.0 Å². The maximum atomic E-state index is 13.4. The topological polar surface area (TPSA) is 12.0 Å². The number of halogens is 1. The molecule has 102 valence electrons. The molecule has 1 unspecified atom stereocenters. The standard InChI is InChI=1S/C16H20FNS/c1-4-18-16(15-10-19-9-12(15)3)8-13-7-14(17)6-5-11(13)2/h5-7,9-10,16,18H,4,8H2,1-3H3. The summed E-state index contributed by atoms with van der Waals surface area (Å²) in [5, 5.41) is 7.86. The van der Waals surface area contributed by atoms with Gasteiger partial charge in [-0.15, -0.1) is 0 Å². The van der Waals surface area contributed by atoms with Gasteiger partial charge in [0, 0.05) is 6.04 Å². The minimum absolute atomic E-state index is 0.155. The first-order chi connectivity index (χ1) is 9.11. The van der Waals surface area contributed by atoms with Crippen molar-refractivity contribution in [1.82, 2.24) is 5.32 Å². The zero-order valence-corrected chi connectivity index (χ0v) is 12.5. The van der Waals surface area contributed by atoms with Crippen molar-refractivity contribution in [3.63, 3.8) is 0 Å². The Morgan fingerprint density at radius 1 is 1.21 bits per heavy atom. The highest BCUT2D eigenvalue weighted by molar-refractivity contribution is 7.08. The number of hydrogen-bond donors (Lipinski definition) is 1. The second-order valence-corrected chi connectivity index (χ2v) is 5.64. The summed E-state index contributed by atoms with van der Waals surface area (Å²) in [5.74, 6) is -0.155. The fourth-order valence-electron chi connectivity index (χ4n) is 2.35. The van der Waals surface area contributed by atoms with Gasteiger partial charge in [0.1, 0.15) is 5.82 Å². The monoisotopic (exact) mass is 277 g/mol. The molecule has 2 rings (SSSR count). The summed E-state index contributed by atoms with van der Waals surface area (Å²) >= 11 is 1.72. The van der Waals surface area contributed by atoms with Crippen molar-refractivity contribution in [2.24, 2.45) is 0 Å². The van der Waals surface area contributed by atoms with Gasteiger partial charge in [-0.25, -0.2) is 4.39 Å². The number of nitrogens with one attached hydrogen (secondary N) is 1. The summed E-state index contributed by atoms with van der Waals surface area (Å²) in [7, 11) is 0. The van der Waals surface area contributed by atoms with Crippen LogP contribution in [0.1, 0.15) is 35.2 Å². The van der Waals surface area contributed by atoms with Crippen molar-refractivity contribution in [2.75, 3.05) is 6.54 Å². The third kappa shape index (κ3) is 3.43. The highest BCUT2D eigenvalue weighted by atomic mass is 32.1. The molecule has 0 fully saturated rings. The Bertz CT molecular complexity index is 547. The molecule has 0 aliphatic rings. The minimum Gasteiger partial charge on any atom is -0.310 e. The average molecular weight is 277 g/mol. The van der Waals surface area contributed by atoms with Crippen LogP contribution in [0.5, 0.6) is 0 Å². The fraction of sp³-hybridized carbons (Fsp3) is 0.375. The number of thiophene rings is 1. The molecule has 1 N–H and O–H groups in total. The fourth-order valence-corrected chi connectivity index (χ4v) is 3.25. The van der Waals surface area contributed by atoms with E-state index in [1.165, 1.54) is 17.2 Å². The van der Waals surface area contributed by atoms with Gasteiger partial charge >= 0.3 is 0 Å². The van der Waals surface area contributed by atoms with E-state index in [1.54, 1.807) is 17.4 Å². The Labute approximate surface area is 118 Å². The molecule has 1 aromatic heterocycles. The van der Waals surface area contributed by atoms with Gasteiger partial charge < -0.3 is 5.32 Å². The summed E-state index contributed by atoms with van der Waals surface area (Å²) in [5.41, 5.74) is 4.87. The van der Waals surface area contributed by atoms with Gasteiger partial charge in [-0.2, -0.15) is 11.3 Å². The predicted octanol–water partition coefficient (Wildman–Crippen LogP) is 4.40. The van der Waals surface area contributed by atoms with Crippen molar-refractivity contribution < 1.29 is 4.39 Å². The van der Waals surface area contributed by atoms with E-state index in [0.29, 0.717) is 0 Å². The first-order valence-corrected chi connectivity index (χ1v) is 7.57. The molecule has 0 spiro atoms. The number of benzene rings is 1. The lowest BCUT2D eigenvalue weighted by atomic mass is 9.96.